The quantitative estimate of drug-likeness (QED) is 0.0824. The number of hydrogen-bond acceptors (Lipinski definition) is 12. The molecular formula is C20H22N8O7S2. The fourth-order valence-electron chi connectivity index (χ4n) is 4.88. The predicted octanol–water partition coefficient (Wildman–Crippen LogP) is -2.43. The number of likely N-dealkylation sites (tertiary alicyclic amines) is 1. The summed E-state index contributed by atoms with van der Waals surface area (Å²) >= 11 is 0.761. The first-order valence-electron chi connectivity index (χ1n) is 11.2. The van der Waals surface area contributed by atoms with Gasteiger partial charge in [-0.25, -0.2) is 4.79 Å². The number of oxime groups is 1. The van der Waals surface area contributed by atoms with Gasteiger partial charge in [0.2, 0.25) is 17.4 Å². The number of allylic oxidation sites excluding steroid dienone is 1. The van der Waals surface area contributed by atoms with Crippen molar-refractivity contribution in [1.82, 2.24) is 29.8 Å². The minimum atomic E-state index is -1.80. The lowest BCUT2D eigenvalue weighted by molar-refractivity contribution is -0.150. The van der Waals surface area contributed by atoms with E-state index < -0.39 is 45.7 Å². The second-order valence-electron chi connectivity index (χ2n) is 8.72. The number of nitrogen functional groups attached to an aromatic ring is 1. The van der Waals surface area contributed by atoms with Crippen LogP contribution in [0.25, 0.3) is 0 Å². The van der Waals surface area contributed by atoms with Crippen molar-refractivity contribution in [2.75, 3.05) is 31.1 Å². The number of β-lactam (4-membered cyclic amide) rings is 1. The Hall–Kier alpha value is -3.70. The molecule has 4 aliphatic rings. The normalized spacial score (nSPS) is 29.1. The number of amides is 3. The number of carbonyl (C=O) groups is 4. The topological polar surface area (TPSA) is 221 Å². The summed E-state index contributed by atoms with van der Waals surface area (Å²) in [7, 11) is -1.80. The van der Waals surface area contributed by atoms with Gasteiger partial charge < -0.3 is 31.6 Å². The van der Waals surface area contributed by atoms with Gasteiger partial charge in [0, 0.05) is 36.2 Å². The molecule has 3 fully saturated rings. The van der Waals surface area contributed by atoms with Gasteiger partial charge in [0.1, 0.15) is 17.1 Å². The van der Waals surface area contributed by atoms with Crippen LogP contribution in [0.3, 0.4) is 0 Å². The molecule has 0 aromatic carbocycles. The van der Waals surface area contributed by atoms with E-state index in [1.807, 2.05) is 0 Å². The van der Waals surface area contributed by atoms with Crippen LogP contribution in [0.4, 0.5) is 5.13 Å². The van der Waals surface area contributed by atoms with Gasteiger partial charge in [-0.1, -0.05) is 5.16 Å². The van der Waals surface area contributed by atoms with E-state index >= 15 is 0 Å². The Kier molecular flexibility index (Phi) is 6.50. The lowest BCUT2D eigenvalue weighted by atomic mass is 10.0. The predicted molar refractivity (Wildman–Crippen MR) is 129 cm³/mol. The molecule has 6 N–H and O–H groups in total. The molecule has 1 aromatic rings. The number of carboxylic acid groups (broad SMARTS) is 1. The van der Waals surface area contributed by atoms with Crippen molar-refractivity contribution in [3.8, 4) is 0 Å². The number of nitrogens with zero attached hydrogens (tertiary/aromatic N) is 5. The van der Waals surface area contributed by atoms with Crippen LogP contribution in [0.15, 0.2) is 28.1 Å². The molecule has 4 atom stereocenters. The maximum absolute atomic E-state index is 13.1. The first-order valence-corrected chi connectivity index (χ1v) is 13.4. The Morgan fingerprint density at radius 1 is 1.35 bits per heavy atom. The molecule has 17 heteroatoms. The standard InChI is InChI=1S/C20H22N8O7S2/c21-20-24-14(26-36-20)11(25-34)15(29)23-12-17(31)28-13(19(32)33)9(7-37(35)18(12)28)5-8-2-4-27(16(8)30)10-1-3-22-6-10/h5,10,12,18,22,34H,1-4,6-7H2,(H,23,29)(H,32,33)(H2,21,24,26)/b8-5?,25-11-/t10-,12-,18-,37?/m1/s1. The highest BCUT2D eigenvalue weighted by Crippen LogP contribution is 2.36. The van der Waals surface area contributed by atoms with Crippen molar-refractivity contribution in [2.24, 2.45) is 5.16 Å². The lowest BCUT2D eigenvalue weighted by Gasteiger charge is -2.48. The number of nitrogens with two attached hydrogens (primary N) is 1. The fourth-order valence-corrected chi connectivity index (χ4v) is 6.95. The zero-order chi connectivity index (χ0) is 26.4. The summed E-state index contributed by atoms with van der Waals surface area (Å²) in [5, 5.41) is 26.4. The Morgan fingerprint density at radius 3 is 2.76 bits per heavy atom. The molecule has 5 rings (SSSR count). The van der Waals surface area contributed by atoms with Crippen molar-refractivity contribution < 1.29 is 33.7 Å². The highest BCUT2D eigenvalue weighted by Gasteiger charge is 2.57. The van der Waals surface area contributed by atoms with E-state index in [0.29, 0.717) is 25.1 Å². The largest absolute Gasteiger partial charge is 0.477 e. The van der Waals surface area contributed by atoms with E-state index in [9.17, 15) is 33.7 Å². The van der Waals surface area contributed by atoms with Crippen molar-refractivity contribution in [1.29, 1.82) is 0 Å². The summed E-state index contributed by atoms with van der Waals surface area (Å²) in [4.78, 5) is 57.0. The Labute approximate surface area is 215 Å². The minimum absolute atomic E-state index is 0.0184. The van der Waals surface area contributed by atoms with Crippen molar-refractivity contribution in [3.05, 3.63) is 28.7 Å². The van der Waals surface area contributed by atoms with Gasteiger partial charge in [0.05, 0.1) is 16.6 Å². The van der Waals surface area contributed by atoms with Crippen LogP contribution in [-0.2, 0) is 30.0 Å². The van der Waals surface area contributed by atoms with Crippen LogP contribution in [0.5, 0.6) is 0 Å². The molecule has 3 amide bonds. The van der Waals surface area contributed by atoms with Gasteiger partial charge in [0.15, 0.2) is 5.13 Å². The number of nitrogens with one attached hydrogen (secondary N) is 2. The average molecular weight is 551 g/mol. The summed E-state index contributed by atoms with van der Waals surface area (Å²) in [5.74, 6) is -3.95. The molecule has 1 aromatic heterocycles. The molecule has 0 radical (unpaired) electrons. The third kappa shape index (κ3) is 4.27. The van der Waals surface area contributed by atoms with E-state index in [-0.39, 0.29) is 39.9 Å². The van der Waals surface area contributed by atoms with E-state index in [0.717, 1.165) is 29.4 Å². The Bertz CT molecular complexity index is 1320. The summed E-state index contributed by atoms with van der Waals surface area (Å²) in [5.41, 5.74) is 4.99. The van der Waals surface area contributed by atoms with Crippen LogP contribution in [0.1, 0.15) is 18.7 Å². The number of rotatable bonds is 6. The van der Waals surface area contributed by atoms with Crippen molar-refractivity contribution >= 4 is 56.9 Å². The molecule has 196 valence electrons. The molecule has 37 heavy (non-hydrogen) atoms. The van der Waals surface area contributed by atoms with Gasteiger partial charge in [-0.05, 0) is 31.0 Å². The monoisotopic (exact) mass is 550 g/mol. The number of aromatic nitrogens is 2. The average Bonchev–Trinajstić information content (AvgIpc) is 3.60. The van der Waals surface area contributed by atoms with E-state index in [4.69, 9.17) is 5.73 Å². The number of carboxylic acids is 1. The summed E-state index contributed by atoms with van der Waals surface area (Å²) in [6, 6.07) is -1.26. The second-order valence-corrected chi connectivity index (χ2v) is 11.0. The van der Waals surface area contributed by atoms with E-state index in [1.165, 1.54) is 6.08 Å². The minimum Gasteiger partial charge on any atom is -0.477 e. The van der Waals surface area contributed by atoms with Crippen LogP contribution >= 0.6 is 11.5 Å². The number of fused-ring (bicyclic) bond motifs is 1. The summed E-state index contributed by atoms with van der Waals surface area (Å²) < 4.78 is 16.9. The maximum Gasteiger partial charge on any atom is 0.352 e. The first kappa shape index (κ1) is 25.0. The third-order valence-corrected chi connectivity index (χ3v) is 8.75. The van der Waals surface area contributed by atoms with Gasteiger partial charge in [-0.15, -0.1) is 0 Å². The number of aliphatic carboxylic acids is 1. The van der Waals surface area contributed by atoms with Gasteiger partial charge >= 0.3 is 5.97 Å². The Balaban J connectivity index is 1.37. The molecule has 3 saturated heterocycles. The van der Waals surface area contributed by atoms with Gasteiger partial charge in [-0.2, -0.15) is 9.36 Å². The molecule has 0 saturated carbocycles. The first-order chi connectivity index (χ1) is 17.7. The third-order valence-electron chi connectivity index (χ3n) is 6.59. The molecule has 15 nitrogen and oxygen atoms in total. The van der Waals surface area contributed by atoms with E-state index in [2.05, 4.69) is 25.1 Å². The SMILES string of the molecule is Nc1nc(/C(=N/O)C(=O)N[C@@H]2C(=O)N3C(C(=O)O)=C(C=C4CCN([C@@H]5CCNC5)C4=O)CS(=O)[C@H]23)ns1. The zero-order valence-electron chi connectivity index (χ0n) is 19.1. The molecule has 1 unspecified atom stereocenters. The molecule has 0 bridgehead atoms. The fraction of sp³-hybridized carbons (Fsp3) is 0.450. The maximum atomic E-state index is 13.1. The van der Waals surface area contributed by atoms with Crippen LogP contribution < -0.4 is 16.4 Å². The van der Waals surface area contributed by atoms with Crippen molar-refractivity contribution in [2.45, 2.75) is 30.3 Å². The van der Waals surface area contributed by atoms with E-state index in [1.54, 1.807) is 4.90 Å². The molecule has 4 aliphatic heterocycles. The number of anilines is 1. The molecule has 5 heterocycles. The second kappa shape index (κ2) is 9.64. The highest BCUT2D eigenvalue weighted by molar-refractivity contribution is 7.86. The van der Waals surface area contributed by atoms with Crippen LogP contribution in [-0.4, -0.2) is 106 Å². The van der Waals surface area contributed by atoms with Crippen LogP contribution in [0, 0.1) is 0 Å². The van der Waals surface area contributed by atoms with Gasteiger partial charge in [-0.3, -0.25) is 23.5 Å². The zero-order valence-corrected chi connectivity index (χ0v) is 20.8. The molecule has 0 spiro atoms. The smallest absolute Gasteiger partial charge is 0.352 e. The summed E-state index contributed by atoms with van der Waals surface area (Å²) in [6.45, 7) is 2.01. The van der Waals surface area contributed by atoms with Gasteiger partial charge in [0.25, 0.3) is 11.8 Å². The number of carbonyl (C=O) groups excluding carboxylic acids is 3. The molecule has 0 aliphatic carbocycles. The van der Waals surface area contributed by atoms with Crippen molar-refractivity contribution in [3.63, 3.8) is 0 Å². The number of hydrogen-bond donors (Lipinski definition) is 5. The Morgan fingerprint density at radius 2 is 2.14 bits per heavy atom. The van der Waals surface area contributed by atoms with Crippen LogP contribution in [0.2, 0.25) is 0 Å². The molecular weight excluding hydrogens is 528 g/mol. The lowest BCUT2D eigenvalue weighted by Crippen LogP contribution is -2.74. The highest BCUT2D eigenvalue weighted by atomic mass is 32.2. The summed E-state index contributed by atoms with van der Waals surface area (Å²) in [6.07, 6.45) is 2.67.